The standard InChI is InChI=1S/C19H18F2N2OS/c1-3-4-6-12-9-10-15-16(11-12)25-19(23(15)2)22-18(24)17-13(20)7-5-8-14(17)21/h5,7-11H,3-4,6H2,1-2H3. The third kappa shape index (κ3) is 3.54. The lowest BCUT2D eigenvalue weighted by atomic mass is 10.1. The molecule has 0 N–H and O–H groups in total. The molecule has 130 valence electrons. The summed E-state index contributed by atoms with van der Waals surface area (Å²) in [4.78, 5) is 16.6. The number of hydrogen-bond acceptors (Lipinski definition) is 2. The maximum atomic E-state index is 13.8. The van der Waals surface area contributed by atoms with E-state index in [1.807, 2.05) is 6.07 Å². The van der Waals surface area contributed by atoms with Crippen LogP contribution in [0.4, 0.5) is 8.78 Å². The fourth-order valence-electron chi connectivity index (χ4n) is 2.67. The number of carbonyl (C=O) groups excluding carboxylic acids is 1. The Labute approximate surface area is 148 Å². The van der Waals surface area contributed by atoms with Gasteiger partial charge in [-0.25, -0.2) is 8.78 Å². The van der Waals surface area contributed by atoms with Crippen LogP contribution in [0.2, 0.25) is 0 Å². The second-order valence-corrected chi connectivity index (χ2v) is 6.87. The Morgan fingerprint density at radius 1 is 1.20 bits per heavy atom. The van der Waals surface area contributed by atoms with Crippen molar-refractivity contribution < 1.29 is 13.6 Å². The first kappa shape index (κ1) is 17.5. The Kier molecular flexibility index (Phi) is 5.08. The number of carbonyl (C=O) groups is 1. The van der Waals surface area contributed by atoms with Gasteiger partial charge in [0.1, 0.15) is 17.2 Å². The third-order valence-corrected chi connectivity index (χ3v) is 5.16. The second-order valence-electron chi connectivity index (χ2n) is 5.86. The van der Waals surface area contributed by atoms with E-state index in [2.05, 4.69) is 24.0 Å². The van der Waals surface area contributed by atoms with Crippen molar-refractivity contribution in [1.82, 2.24) is 4.57 Å². The quantitative estimate of drug-likeness (QED) is 0.669. The molecule has 0 spiro atoms. The predicted octanol–water partition coefficient (Wildman–Crippen LogP) is 4.60. The van der Waals surface area contributed by atoms with E-state index in [-0.39, 0.29) is 0 Å². The third-order valence-electron chi connectivity index (χ3n) is 4.07. The van der Waals surface area contributed by atoms with Crippen molar-refractivity contribution >= 4 is 27.5 Å². The molecule has 3 rings (SSSR count). The summed E-state index contributed by atoms with van der Waals surface area (Å²) >= 11 is 1.34. The van der Waals surface area contributed by atoms with E-state index in [1.165, 1.54) is 23.0 Å². The number of benzene rings is 2. The molecule has 0 saturated carbocycles. The van der Waals surface area contributed by atoms with Gasteiger partial charge in [0, 0.05) is 7.05 Å². The SMILES string of the molecule is CCCCc1ccc2c(c1)sc(=NC(=O)c1c(F)cccc1F)n2C. The summed E-state index contributed by atoms with van der Waals surface area (Å²) in [5.74, 6) is -2.72. The molecule has 3 nitrogen and oxygen atoms in total. The van der Waals surface area contributed by atoms with Crippen LogP contribution in [-0.4, -0.2) is 10.5 Å². The van der Waals surface area contributed by atoms with E-state index in [0.29, 0.717) is 4.80 Å². The molecule has 25 heavy (non-hydrogen) atoms. The zero-order chi connectivity index (χ0) is 18.0. The molecule has 0 radical (unpaired) electrons. The Hall–Kier alpha value is -2.34. The highest BCUT2D eigenvalue weighted by molar-refractivity contribution is 7.16. The minimum atomic E-state index is -0.913. The molecule has 6 heteroatoms. The molecule has 2 aromatic carbocycles. The normalized spacial score (nSPS) is 12.1. The van der Waals surface area contributed by atoms with Crippen LogP contribution in [0.3, 0.4) is 0 Å². The summed E-state index contributed by atoms with van der Waals surface area (Å²) < 4.78 is 30.3. The molecule has 1 aromatic heterocycles. The van der Waals surface area contributed by atoms with E-state index in [4.69, 9.17) is 0 Å². The van der Waals surface area contributed by atoms with E-state index < -0.39 is 23.1 Å². The highest BCUT2D eigenvalue weighted by atomic mass is 32.1. The van der Waals surface area contributed by atoms with Gasteiger partial charge >= 0.3 is 0 Å². The summed E-state index contributed by atoms with van der Waals surface area (Å²) in [6.45, 7) is 2.15. The minimum absolute atomic E-state index is 0.412. The lowest BCUT2D eigenvalue weighted by molar-refractivity contribution is 0.0990. The van der Waals surface area contributed by atoms with Crippen LogP contribution < -0.4 is 4.80 Å². The molecule has 0 aliphatic rings. The molecule has 1 heterocycles. The van der Waals surface area contributed by atoms with Crippen LogP contribution in [0.25, 0.3) is 10.2 Å². The Morgan fingerprint density at radius 3 is 2.60 bits per heavy atom. The van der Waals surface area contributed by atoms with Gasteiger partial charge in [-0.1, -0.05) is 36.8 Å². The molecule has 0 bridgehead atoms. The molecule has 0 fully saturated rings. The molecule has 0 saturated heterocycles. The largest absolute Gasteiger partial charge is 0.319 e. The Bertz CT molecular complexity index is 984. The van der Waals surface area contributed by atoms with E-state index in [0.717, 1.165) is 41.6 Å². The zero-order valence-corrected chi connectivity index (χ0v) is 14.9. The topological polar surface area (TPSA) is 34.4 Å². The predicted molar refractivity (Wildman–Crippen MR) is 95.7 cm³/mol. The Morgan fingerprint density at radius 2 is 1.92 bits per heavy atom. The molecule has 0 unspecified atom stereocenters. The number of fused-ring (bicyclic) bond motifs is 1. The number of aryl methyl sites for hydroxylation is 2. The van der Waals surface area contributed by atoms with Crippen LogP contribution >= 0.6 is 11.3 Å². The zero-order valence-electron chi connectivity index (χ0n) is 14.1. The van der Waals surface area contributed by atoms with E-state index in [1.54, 1.807) is 11.6 Å². The van der Waals surface area contributed by atoms with Crippen LogP contribution in [0.1, 0.15) is 35.7 Å². The lowest BCUT2D eigenvalue weighted by Gasteiger charge is -2.01. The average Bonchev–Trinajstić information content (AvgIpc) is 2.88. The summed E-state index contributed by atoms with van der Waals surface area (Å²) in [5.41, 5.74) is 1.55. The van der Waals surface area contributed by atoms with Crippen LogP contribution in [0.5, 0.6) is 0 Å². The number of hydrogen-bond donors (Lipinski definition) is 0. The maximum Gasteiger partial charge on any atom is 0.285 e. The number of amides is 1. The summed E-state index contributed by atoms with van der Waals surface area (Å²) in [6, 6.07) is 9.46. The number of halogens is 2. The molecule has 0 aliphatic carbocycles. The van der Waals surface area contributed by atoms with Gasteiger partial charge in [0.25, 0.3) is 5.91 Å². The van der Waals surface area contributed by atoms with Gasteiger partial charge in [-0.2, -0.15) is 4.99 Å². The number of thiazole rings is 1. The summed E-state index contributed by atoms with van der Waals surface area (Å²) in [5, 5.41) is 0. The van der Waals surface area contributed by atoms with E-state index >= 15 is 0 Å². The number of nitrogens with zero attached hydrogens (tertiary/aromatic N) is 2. The van der Waals surface area contributed by atoms with Crippen molar-refractivity contribution in [3.63, 3.8) is 0 Å². The first-order valence-corrected chi connectivity index (χ1v) is 8.94. The molecular formula is C19H18F2N2OS. The van der Waals surface area contributed by atoms with Gasteiger partial charge < -0.3 is 4.57 Å². The van der Waals surface area contributed by atoms with Gasteiger partial charge in [-0.05, 0) is 42.7 Å². The highest BCUT2D eigenvalue weighted by Crippen LogP contribution is 2.20. The monoisotopic (exact) mass is 360 g/mol. The summed E-state index contributed by atoms with van der Waals surface area (Å²) in [7, 11) is 1.79. The maximum absolute atomic E-state index is 13.8. The van der Waals surface area contributed by atoms with Gasteiger partial charge in [0.15, 0.2) is 4.80 Å². The van der Waals surface area contributed by atoms with Crippen molar-refractivity contribution in [2.75, 3.05) is 0 Å². The van der Waals surface area contributed by atoms with Crippen molar-refractivity contribution in [3.8, 4) is 0 Å². The molecule has 1 amide bonds. The van der Waals surface area contributed by atoms with Crippen LogP contribution in [0, 0.1) is 11.6 Å². The van der Waals surface area contributed by atoms with Gasteiger partial charge in [0.05, 0.1) is 10.2 Å². The minimum Gasteiger partial charge on any atom is -0.319 e. The molecule has 3 aromatic rings. The van der Waals surface area contributed by atoms with Crippen molar-refractivity contribution in [2.24, 2.45) is 12.0 Å². The number of aromatic nitrogens is 1. The van der Waals surface area contributed by atoms with Crippen molar-refractivity contribution in [3.05, 3.63) is 64.0 Å². The smallest absolute Gasteiger partial charge is 0.285 e. The fourth-order valence-corrected chi connectivity index (χ4v) is 3.75. The highest BCUT2D eigenvalue weighted by Gasteiger charge is 2.17. The molecule has 0 atom stereocenters. The molecular weight excluding hydrogens is 342 g/mol. The van der Waals surface area contributed by atoms with E-state index in [9.17, 15) is 13.6 Å². The lowest BCUT2D eigenvalue weighted by Crippen LogP contribution is -2.14. The van der Waals surface area contributed by atoms with Crippen LogP contribution in [-0.2, 0) is 13.5 Å². The van der Waals surface area contributed by atoms with Crippen LogP contribution in [0.15, 0.2) is 41.4 Å². The number of unbranched alkanes of at least 4 members (excludes halogenated alkanes) is 1. The second kappa shape index (κ2) is 7.27. The first-order chi connectivity index (χ1) is 12.0. The van der Waals surface area contributed by atoms with Crippen molar-refractivity contribution in [2.45, 2.75) is 26.2 Å². The summed E-state index contributed by atoms with van der Waals surface area (Å²) in [6.07, 6.45) is 3.24. The Balaban J connectivity index is 2.04. The number of rotatable bonds is 4. The van der Waals surface area contributed by atoms with Gasteiger partial charge in [-0.15, -0.1) is 0 Å². The van der Waals surface area contributed by atoms with Crippen molar-refractivity contribution in [1.29, 1.82) is 0 Å². The first-order valence-electron chi connectivity index (χ1n) is 8.12. The van der Waals surface area contributed by atoms with Gasteiger partial charge in [-0.3, -0.25) is 4.79 Å². The molecule has 0 aliphatic heterocycles. The fraction of sp³-hybridized carbons (Fsp3) is 0.263. The van der Waals surface area contributed by atoms with Gasteiger partial charge in [0.2, 0.25) is 0 Å². The average molecular weight is 360 g/mol.